The number of phenols is 4. The summed E-state index contributed by atoms with van der Waals surface area (Å²) in [6.07, 6.45) is 2.50. The zero-order valence-electron chi connectivity index (χ0n) is 24.0. The van der Waals surface area contributed by atoms with Crippen molar-refractivity contribution < 1.29 is 44.2 Å². The van der Waals surface area contributed by atoms with Crippen LogP contribution in [0.2, 0.25) is 0 Å². The first-order chi connectivity index (χ1) is 23.1. The van der Waals surface area contributed by atoms with Gasteiger partial charge in [-0.1, -0.05) is 12.1 Å². The van der Waals surface area contributed by atoms with Gasteiger partial charge in [0.05, 0.1) is 26.8 Å². The van der Waals surface area contributed by atoms with Crippen molar-refractivity contribution in [3.63, 3.8) is 0 Å². The first-order valence-corrected chi connectivity index (χ1v) is 18.6. The van der Waals surface area contributed by atoms with Gasteiger partial charge in [0.2, 0.25) is 0 Å². The van der Waals surface area contributed by atoms with E-state index in [1.807, 2.05) is 0 Å². The maximum absolute atomic E-state index is 13.5. The number of ether oxygens (including phenoxy) is 3. The van der Waals surface area contributed by atoms with Gasteiger partial charge in [-0.15, -0.1) is 0 Å². The first kappa shape index (κ1) is 34.5. The molecule has 3 heterocycles. The second-order valence-electron chi connectivity index (χ2n) is 11.0. The monoisotopic (exact) mass is 1040 g/mol. The van der Waals surface area contributed by atoms with Crippen molar-refractivity contribution in [3.8, 4) is 23.0 Å². The van der Waals surface area contributed by atoms with Crippen LogP contribution in [-0.2, 0) is 23.8 Å². The Kier molecular flexibility index (Phi) is 8.73. The Morgan fingerprint density at radius 1 is 0.469 bits per heavy atom. The number of hydrogen-bond acceptors (Lipinski definition) is 9. The molecule has 4 N–H and O–H groups in total. The van der Waals surface area contributed by atoms with Crippen molar-refractivity contribution in [1.82, 2.24) is 0 Å². The molecule has 49 heavy (non-hydrogen) atoms. The van der Waals surface area contributed by atoms with Gasteiger partial charge in [0.25, 0.3) is 11.6 Å². The summed E-state index contributed by atoms with van der Waals surface area (Å²) in [6, 6.07) is 15.6. The molecule has 3 aliphatic rings. The number of aromatic hydroxyl groups is 4. The third-order valence-electron chi connectivity index (χ3n) is 8.05. The lowest BCUT2D eigenvalue weighted by molar-refractivity contribution is -0.232. The van der Waals surface area contributed by atoms with Crippen molar-refractivity contribution in [2.24, 2.45) is 0 Å². The molecule has 4 aromatic carbocycles. The van der Waals surface area contributed by atoms with Crippen molar-refractivity contribution in [2.75, 3.05) is 0 Å². The zero-order valence-corrected chi connectivity index (χ0v) is 33.5. The molecular weight excluding hydrogens is 1030 g/mol. The van der Waals surface area contributed by atoms with Gasteiger partial charge in [-0.3, -0.25) is 4.74 Å². The second kappa shape index (κ2) is 12.4. The molecular formula is C34H16Br6O9. The molecule has 0 aromatic heterocycles. The summed E-state index contributed by atoms with van der Waals surface area (Å²) in [5.41, 5.74) is 2.42. The molecule has 2 atom stereocenters. The van der Waals surface area contributed by atoms with Crippen LogP contribution in [0.3, 0.4) is 0 Å². The average molecular weight is 1050 g/mol. The Hall–Kier alpha value is -2.92. The third-order valence-corrected chi connectivity index (χ3v) is 11.7. The van der Waals surface area contributed by atoms with Crippen molar-refractivity contribution in [1.29, 1.82) is 0 Å². The number of benzene rings is 4. The van der Waals surface area contributed by atoms with Gasteiger partial charge in [-0.2, -0.15) is 0 Å². The van der Waals surface area contributed by atoms with Gasteiger partial charge >= 0.3 is 11.9 Å². The van der Waals surface area contributed by atoms with E-state index in [9.17, 15) is 30.0 Å². The predicted octanol–water partition coefficient (Wildman–Crippen LogP) is 9.70. The number of esters is 2. The van der Waals surface area contributed by atoms with E-state index < -0.39 is 23.5 Å². The van der Waals surface area contributed by atoms with Crippen molar-refractivity contribution >= 4 is 130 Å². The van der Waals surface area contributed by atoms with E-state index in [0.29, 0.717) is 49.1 Å². The van der Waals surface area contributed by atoms with Crippen LogP contribution in [0.4, 0.5) is 0 Å². The molecule has 0 aliphatic carbocycles. The van der Waals surface area contributed by atoms with Crippen LogP contribution < -0.4 is 0 Å². The molecule has 2 spiro atoms. The normalized spacial score (nSPS) is 21.4. The molecule has 0 saturated carbocycles. The summed E-state index contributed by atoms with van der Waals surface area (Å²) < 4.78 is 21.1. The molecule has 248 valence electrons. The molecule has 9 nitrogen and oxygen atoms in total. The number of hydrogen-bond donors (Lipinski definition) is 4. The molecule has 0 saturated heterocycles. The van der Waals surface area contributed by atoms with E-state index in [-0.39, 0.29) is 45.3 Å². The fraction of sp³-hybridized carbons (Fsp3) is 0.0588. The maximum Gasteiger partial charge on any atom is 0.334 e. The minimum atomic E-state index is -2.11. The highest BCUT2D eigenvalue weighted by atomic mass is 79.9. The van der Waals surface area contributed by atoms with Crippen molar-refractivity contribution in [2.45, 2.75) is 11.6 Å². The second-order valence-corrected chi connectivity index (χ2v) is 16.1. The van der Waals surface area contributed by atoms with E-state index in [4.69, 9.17) is 14.2 Å². The van der Waals surface area contributed by atoms with Gasteiger partial charge < -0.3 is 29.9 Å². The standard InChI is InChI=1S/C34H16Br6O9/c35-19-5-13(1-3-25(19)41)29-30(14-2-4-26(42)20(36)6-14)34(18(12-28(44)48-34)16-9-23(39)32(46)24(40)10-16)49-33(29)17(11-27(43)47-33)15-7-21(37)31(45)22(38)8-15/h1-12,41-42,45-46H/t33-,34-/m0/s1. The lowest BCUT2D eigenvalue weighted by Gasteiger charge is -2.34. The van der Waals surface area contributed by atoms with Gasteiger partial charge in [0.1, 0.15) is 23.0 Å². The first-order valence-electron chi connectivity index (χ1n) is 13.9. The van der Waals surface area contributed by atoms with E-state index in [0.717, 1.165) is 0 Å². The van der Waals surface area contributed by atoms with Crippen LogP contribution in [0, 0.1) is 0 Å². The average Bonchev–Trinajstić information content (AvgIpc) is 3.65. The highest BCUT2D eigenvalue weighted by molar-refractivity contribution is 9.11. The maximum atomic E-state index is 13.5. The summed E-state index contributed by atoms with van der Waals surface area (Å²) in [6.45, 7) is 0. The van der Waals surface area contributed by atoms with E-state index in [2.05, 4.69) is 95.6 Å². The number of phenolic OH excluding ortho intramolecular Hbond substituents is 4. The molecule has 0 unspecified atom stereocenters. The van der Waals surface area contributed by atoms with E-state index >= 15 is 0 Å². The summed E-state index contributed by atoms with van der Waals surface area (Å²) in [5, 5.41) is 42.0. The lowest BCUT2D eigenvalue weighted by atomic mass is 9.81. The smallest absolute Gasteiger partial charge is 0.334 e. The van der Waals surface area contributed by atoms with Crippen LogP contribution >= 0.6 is 95.6 Å². The molecule has 4 aromatic rings. The zero-order chi connectivity index (χ0) is 35.2. The highest BCUT2D eigenvalue weighted by Gasteiger charge is 2.67. The van der Waals surface area contributed by atoms with E-state index in [1.165, 1.54) is 24.3 Å². The number of carbonyl (C=O) groups excluding carboxylic acids is 2. The Balaban J connectivity index is 1.63. The minimum absolute atomic E-state index is 0.0711. The van der Waals surface area contributed by atoms with Gasteiger partial charge in [-0.25, -0.2) is 9.59 Å². The van der Waals surface area contributed by atoms with E-state index in [1.54, 1.807) is 48.5 Å². The molecule has 3 aliphatic heterocycles. The molecule has 15 heteroatoms. The Morgan fingerprint density at radius 2 is 0.796 bits per heavy atom. The molecule has 7 rings (SSSR count). The summed E-state index contributed by atoms with van der Waals surface area (Å²) in [5.74, 6) is -6.09. The molecule has 0 radical (unpaired) electrons. The molecule has 0 amide bonds. The fourth-order valence-electron chi connectivity index (χ4n) is 6.02. The van der Waals surface area contributed by atoms with Crippen molar-refractivity contribution in [3.05, 3.63) is 122 Å². The Bertz CT molecular complexity index is 2080. The molecule has 0 bridgehead atoms. The Morgan fingerprint density at radius 3 is 1.12 bits per heavy atom. The minimum Gasteiger partial charge on any atom is -0.507 e. The topological polar surface area (TPSA) is 143 Å². The van der Waals surface area contributed by atoms with Gasteiger partial charge in [-0.05, 0) is 166 Å². The van der Waals surface area contributed by atoms with Gasteiger partial charge in [0.15, 0.2) is 0 Å². The largest absolute Gasteiger partial charge is 0.507 e. The predicted molar refractivity (Wildman–Crippen MR) is 200 cm³/mol. The van der Waals surface area contributed by atoms with Crippen LogP contribution in [0.15, 0.2) is 99.7 Å². The number of rotatable bonds is 4. The SMILES string of the molecule is O=C1C=C(c2cc(Br)c(O)c(Br)c2)[C@]2(O1)O[C@]1(OC(=O)C=C1c1cc(Br)c(O)c(Br)c1)C(c1ccc(O)c(Br)c1)=C2c1ccc(O)c(Br)c1. The van der Waals surface area contributed by atoms with Crippen LogP contribution in [0.25, 0.3) is 22.3 Å². The molecule has 0 fully saturated rings. The fourth-order valence-corrected chi connectivity index (χ4v) is 9.15. The Labute approximate surface area is 327 Å². The number of halogens is 6. The summed E-state index contributed by atoms with van der Waals surface area (Å²) in [7, 11) is 0. The van der Waals surface area contributed by atoms with Gasteiger partial charge in [0, 0.05) is 34.4 Å². The van der Waals surface area contributed by atoms with Crippen LogP contribution in [-0.4, -0.2) is 43.9 Å². The quantitative estimate of drug-likeness (QED) is 0.147. The number of carbonyl (C=O) groups is 2. The van der Waals surface area contributed by atoms with Crippen LogP contribution in [0.5, 0.6) is 23.0 Å². The third kappa shape index (κ3) is 5.52. The van der Waals surface area contributed by atoms with Crippen LogP contribution in [0.1, 0.15) is 22.3 Å². The summed E-state index contributed by atoms with van der Waals surface area (Å²) in [4.78, 5) is 27.0. The summed E-state index contributed by atoms with van der Waals surface area (Å²) >= 11 is 20.3. The lowest BCUT2D eigenvalue weighted by Crippen LogP contribution is -2.41. The highest BCUT2D eigenvalue weighted by Crippen LogP contribution is 2.64.